The van der Waals surface area contributed by atoms with Gasteiger partial charge in [-0.3, -0.25) is 9.78 Å². The summed E-state index contributed by atoms with van der Waals surface area (Å²) in [6.45, 7) is 2.74. The van der Waals surface area contributed by atoms with Crippen molar-refractivity contribution in [3.05, 3.63) is 47.6 Å². The van der Waals surface area contributed by atoms with E-state index in [1.165, 1.54) is 0 Å². The van der Waals surface area contributed by atoms with Crippen LogP contribution in [-0.4, -0.2) is 43.2 Å². The van der Waals surface area contributed by atoms with Gasteiger partial charge in [0, 0.05) is 43.0 Å². The van der Waals surface area contributed by atoms with Crippen LogP contribution in [0.1, 0.15) is 60.3 Å². The molecule has 2 aromatic rings. The highest BCUT2D eigenvalue weighted by Crippen LogP contribution is 2.40. The monoisotopic (exact) mass is 388 g/mol. The quantitative estimate of drug-likeness (QED) is 0.821. The predicted molar refractivity (Wildman–Crippen MR) is 101 cm³/mol. The van der Waals surface area contributed by atoms with Crippen LogP contribution in [0.2, 0.25) is 0 Å². The van der Waals surface area contributed by atoms with Gasteiger partial charge in [-0.15, -0.1) is 0 Å². The summed E-state index contributed by atoms with van der Waals surface area (Å²) in [5.74, 6) is 1.54. The summed E-state index contributed by atoms with van der Waals surface area (Å²) in [7, 11) is -1.09. The topological polar surface area (TPSA) is 88.3 Å². The lowest BCUT2D eigenvalue weighted by Crippen LogP contribution is -2.49. The van der Waals surface area contributed by atoms with Crippen molar-refractivity contribution in [1.82, 2.24) is 19.8 Å². The first kappa shape index (κ1) is 18.3. The van der Waals surface area contributed by atoms with Crippen molar-refractivity contribution in [3.8, 4) is 0 Å². The zero-order valence-corrected chi connectivity index (χ0v) is 16.2. The molecule has 1 saturated carbocycles. The van der Waals surface area contributed by atoms with Crippen molar-refractivity contribution >= 4 is 16.9 Å². The lowest BCUT2D eigenvalue weighted by atomic mass is 10.0. The molecule has 27 heavy (non-hydrogen) atoms. The molecule has 144 valence electrons. The fourth-order valence-corrected chi connectivity index (χ4v) is 4.93. The summed E-state index contributed by atoms with van der Waals surface area (Å²) in [6.07, 6.45) is 7.22. The van der Waals surface area contributed by atoms with E-state index in [0.29, 0.717) is 23.9 Å². The molecule has 8 heteroatoms. The van der Waals surface area contributed by atoms with Gasteiger partial charge < -0.3 is 9.84 Å². The highest BCUT2D eigenvalue weighted by Gasteiger charge is 2.32. The van der Waals surface area contributed by atoms with Crippen molar-refractivity contribution in [1.29, 1.82) is 0 Å². The van der Waals surface area contributed by atoms with E-state index < -0.39 is 11.0 Å². The van der Waals surface area contributed by atoms with Crippen LogP contribution in [0.25, 0.3) is 0 Å². The van der Waals surface area contributed by atoms with Gasteiger partial charge in [0.2, 0.25) is 0 Å². The van der Waals surface area contributed by atoms with Crippen LogP contribution < -0.4 is 5.32 Å². The predicted octanol–water partition coefficient (Wildman–Crippen LogP) is 2.39. The number of nitrogens with one attached hydrogen (secondary N) is 1. The number of carbonyl (C=O) groups excluding carboxylic acids is 1. The number of aromatic nitrogens is 2. The molecule has 1 unspecified atom stereocenters. The van der Waals surface area contributed by atoms with Gasteiger partial charge >= 0.3 is 0 Å². The second-order valence-electron chi connectivity index (χ2n) is 7.40. The van der Waals surface area contributed by atoms with E-state index >= 15 is 0 Å². The molecule has 1 aliphatic heterocycles. The lowest BCUT2D eigenvalue weighted by molar-refractivity contribution is 0.0906. The average Bonchev–Trinajstić information content (AvgIpc) is 3.39. The lowest BCUT2D eigenvalue weighted by Gasteiger charge is -2.36. The fraction of sp³-hybridized carbons (Fsp3) is 0.526. The Bertz CT molecular complexity index is 821. The first-order valence-corrected chi connectivity index (χ1v) is 10.7. The minimum absolute atomic E-state index is 0.0558. The molecule has 0 spiro atoms. The van der Waals surface area contributed by atoms with Gasteiger partial charge in [-0.2, -0.15) is 0 Å². The maximum atomic E-state index is 12.7. The third-order valence-corrected chi connectivity index (χ3v) is 6.81. The summed E-state index contributed by atoms with van der Waals surface area (Å²) in [6, 6.07) is 5.74. The maximum absolute atomic E-state index is 12.7. The van der Waals surface area contributed by atoms with Gasteiger partial charge in [0.25, 0.3) is 5.91 Å². The van der Waals surface area contributed by atoms with Crippen molar-refractivity contribution < 1.29 is 13.5 Å². The first-order valence-electron chi connectivity index (χ1n) is 9.41. The molecular weight excluding hydrogens is 364 g/mol. The fourth-order valence-electron chi connectivity index (χ4n) is 3.51. The molecule has 1 amide bonds. The third-order valence-electron chi connectivity index (χ3n) is 5.17. The van der Waals surface area contributed by atoms with Crippen LogP contribution in [0, 0.1) is 0 Å². The Morgan fingerprint density at radius 3 is 2.96 bits per heavy atom. The molecule has 4 rings (SSSR count). The highest BCUT2D eigenvalue weighted by atomic mass is 32.2. The maximum Gasteiger partial charge on any atom is 0.273 e. The van der Waals surface area contributed by atoms with Gasteiger partial charge in [0.05, 0.1) is 16.7 Å². The number of rotatable bonds is 6. The minimum atomic E-state index is -1.09. The molecule has 1 N–H and O–H groups in total. The molecule has 2 aromatic heterocycles. The van der Waals surface area contributed by atoms with E-state index in [1.54, 1.807) is 18.5 Å². The second-order valence-corrected chi connectivity index (χ2v) is 8.80. The van der Waals surface area contributed by atoms with Gasteiger partial charge in [-0.1, -0.05) is 11.2 Å². The van der Waals surface area contributed by atoms with Crippen LogP contribution in [0.5, 0.6) is 0 Å². The summed E-state index contributed by atoms with van der Waals surface area (Å²) in [4.78, 5) is 16.5. The molecule has 2 aliphatic rings. The molecule has 3 atom stereocenters. The molecule has 2 fully saturated rings. The third kappa shape index (κ3) is 4.44. The van der Waals surface area contributed by atoms with Crippen molar-refractivity contribution in [2.75, 3.05) is 6.54 Å². The molecule has 3 heterocycles. The number of hydrogen-bond acceptors (Lipinski definition) is 5. The minimum Gasteiger partial charge on any atom is -0.360 e. The van der Waals surface area contributed by atoms with Gasteiger partial charge in [-0.25, -0.2) is 8.51 Å². The van der Waals surface area contributed by atoms with Crippen LogP contribution in [-0.2, 0) is 16.7 Å². The molecular formula is C19H24N4O3S. The van der Waals surface area contributed by atoms with Crippen molar-refractivity contribution in [2.45, 2.75) is 56.4 Å². The van der Waals surface area contributed by atoms with E-state index in [0.717, 1.165) is 37.0 Å². The molecule has 1 aliphatic carbocycles. The molecule has 1 saturated heterocycles. The Morgan fingerprint density at radius 2 is 2.26 bits per heavy atom. The van der Waals surface area contributed by atoms with Crippen molar-refractivity contribution in [3.63, 3.8) is 0 Å². The number of hydrogen-bond donors (Lipinski definition) is 1. The first-order chi connectivity index (χ1) is 13.1. The summed E-state index contributed by atoms with van der Waals surface area (Å²) < 4.78 is 20.0. The van der Waals surface area contributed by atoms with E-state index in [2.05, 4.69) is 22.4 Å². The SMILES string of the molecule is C[C@@H]1C[C@H](NC(=O)c2cc(C3CC3)on2)CCN1S(=O)Cc1cccnc1. The van der Waals surface area contributed by atoms with Gasteiger partial charge in [0.1, 0.15) is 5.76 Å². The van der Waals surface area contributed by atoms with E-state index in [-0.39, 0.29) is 18.0 Å². The number of carbonyl (C=O) groups is 1. The normalized spacial score (nSPS) is 24.5. The smallest absolute Gasteiger partial charge is 0.273 e. The zero-order valence-electron chi connectivity index (χ0n) is 15.3. The number of pyridine rings is 1. The van der Waals surface area contributed by atoms with Crippen LogP contribution in [0.3, 0.4) is 0 Å². The summed E-state index contributed by atoms with van der Waals surface area (Å²) >= 11 is 0. The summed E-state index contributed by atoms with van der Waals surface area (Å²) in [5.41, 5.74) is 1.32. The Balaban J connectivity index is 1.30. The van der Waals surface area contributed by atoms with Crippen LogP contribution in [0.4, 0.5) is 0 Å². The second kappa shape index (κ2) is 7.90. The Labute approximate surface area is 161 Å². The Morgan fingerprint density at radius 1 is 1.41 bits per heavy atom. The number of piperidine rings is 1. The van der Waals surface area contributed by atoms with Crippen molar-refractivity contribution in [2.24, 2.45) is 0 Å². The Kier molecular flexibility index (Phi) is 5.36. The largest absolute Gasteiger partial charge is 0.360 e. The summed E-state index contributed by atoms with van der Waals surface area (Å²) in [5, 5.41) is 6.95. The molecule has 0 aromatic carbocycles. The average molecular weight is 388 g/mol. The van der Waals surface area contributed by atoms with E-state index in [9.17, 15) is 9.00 Å². The number of nitrogens with zero attached hydrogens (tertiary/aromatic N) is 3. The molecule has 7 nitrogen and oxygen atoms in total. The van der Waals surface area contributed by atoms with Crippen LogP contribution in [0.15, 0.2) is 35.1 Å². The van der Waals surface area contributed by atoms with Gasteiger partial charge in [0.15, 0.2) is 5.69 Å². The van der Waals surface area contributed by atoms with Gasteiger partial charge in [-0.05, 0) is 44.2 Å². The van der Waals surface area contributed by atoms with Crippen LogP contribution >= 0.6 is 0 Å². The Hall–Kier alpha value is -2.06. The molecule has 0 radical (unpaired) electrons. The van der Waals surface area contributed by atoms with E-state index in [1.807, 2.05) is 16.4 Å². The number of amides is 1. The highest BCUT2D eigenvalue weighted by molar-refractivity contribution is 7.81. The van der Waals surface area contributed by atoms with E-state index in [4.69, 9.17) is 4.52 Å². The molecule has 0 bridgehead atoms. The zero-order chi connectivity index (χ0) is 18.8. The standard InChI is InChI=1S/C19H24N4O3S/c1-13-9-16(21-19(24)17-10-18(26-22-17)15-4-5-15)6-8-23(13)27(25)12-14-3-2-7-20-11-14/h2-3,7,10-11,13,15-16H,4-6,8-9,12H2,1H3,(H,21,24)/t13-,16-,27?/m1/s1.